The molecule has 0 aliphatic carbocycles. The molecule has 4 rings (SSSR count). The van der Waals surface area contributed by atoms with Crippen LogP contribution in [0.15, 0.2) is 29.4 Å². The topological polar surface area (TPSA) is 57.2 Å². The monoisotopic (exact) mass is 342 g/mol. The highest BCUT2D eigenvalue weighted by Gasteiger charge is 2.32. The fraction of sp³-hybridized carbons (Fsp3) is 0.579. The van der Waals surface area contributed by atoms with Crippen LogP contribution in [0.25, 0.3) is 0 Å². The first-order chi connectivity index (χ1) is 12.2. The second-order valence-electron chi connectivity index (χ2n) is 7.30. The predicted octanol–water partition coefficient (Wildman–Crippen LogP) is 1.98. The lowest BCUT2D eigenvalue weighted by atomic mass is 10.0. The molecule has 3 heterocycles. The van der Waals surface area contributed by atoms with Gasteiger partial charge in [0.2, 0.25) is 0 Å². The summed E-state index contributed by atoms with van der Waals surface area (Å²) in [5.41, 5.74) is 3.28. The zero-order valence-corrected chi connectivity index (χ0v) is 14.8. The quantitative estimate of drug-likeness (QED) is 0.914. The summed E-state index contributed by atoms with van der Waals surface area (Å²) >= 11 is 0. The van der Waals surface area contributed by atoms with E-state index in [-0.39, 0.29) is 12.1 Å². The van der Waals surface area contributed by atoms with Crippen molar-refractivity contribution < 1.29 is 9.63 Å². The summed E-state index contributed by atoms with van der Waals surface area (Å²) in [6, 6.07) is 8.88. The van der Waals surface area contributed by atoms with E-state index >= 15 is 0 Å². The van der Waals surface area contributed by atoms with Gasteiger partial charge >= 0.3 is 6.03 Å². The number of rotatable bonds is 3. The molecule has 0 bridgehead atoms. The van der Waals surface area contributed by atoms with Crippen LogP contribution in [0.4, 0.5) is 4.79 Å². The second-order valence-corrected chi connectivity index (χ2v) is 7.30. The van der Waals surface area contributed by atoms with Gasteiger partial charge in [-0.1, -0.05) is 35.0 Å². The third kappa shape index (κ3) is 3.63. The Balaban J connectivity index is 1.24. The summed E-state index contributed by atoms with van der Waals surface area (Å²) in [5.74, 6) is 0. The first-order valence-corrected chi connectivity index (χ1v) is 9.25. The number of aryl methyl sites for hydroxylation is 1. The molecule has 2 atom stereocenters. The number of hydrogen-bond acceptors (Lipinski definition) is 4. The van der Waals surface area contributed by atoms with E-state index in [1.165, 1.54) is 24.9 Å². The van der Waals surface area contributed by atoms with E-state index in [4.69, 9.17) is 4.84 Å². The number of nitrogens with one attached hydrogen (secondary N) is 1. The third-order valence-electron chi connectivity index (χ3n) is 5.47. The molecule has 3 aliphatic rings. The van der Waals surface area contributed by atoms with Crippen LogP contribution in [0, 0.1) is 6.92 Å². The lowest BCUT2D eigenvalue weighted by Gasteiger charge is -2.37. The molecule has 25 heavy (non-hydrogen) atoms. The molecule has 2 fully saturated rings. The minimum Gasteiger partial charge on any atom is -0.390 e. The van der Waals surface area contributed by atoms with Crippen molar-refractivity contribution in [3.63, 3.8) is 0 Å². The fourth-order valence-corrected chi connectivity index (χ4v) is 3.94. The second kappa shape index (κ2) is 7.04. The van der Waals surface area contributed by atoms with Crippen LogP contribution in [0.5, 0.6) is 0 Å². The number of urea groups is 1. The number of carbonyl (C=O) groups is 1. The van der Waals surface area contributed by atoms with Gasteiger partial charge in [-0.25, -0.2) is 4.79 Å². The highest BCUT2D eigenvalue weighted by Crippen LogP contribution is 2.21. The molecule has 0 radical (unpaired) electrons. The normalized spacial score (nSPS) is 26.1. The Bertz CT molecular complexity index is 658. The van der Waals surface area contributed by atoms with Crippen LogP contribution in [0.3, 0.4) is 0 Å². The van der Waals surface area contributed by atoms with E-state index in [0.29, 0.717) is 12.6 Å². The standard InChI is InChI=1S/C19H26N4O2/c1-14-4-6-15(7-5-14)18-11-17(25-21-18)12-20-19(24)23-10-9-22-8-2-3-16(22)13-23/h4-7,16-17H,2-3,8-13H2,1H3,(H,20,24)/t16-,17+/m0/s1. The van der Waals surface area contributed by atoms with Crippen molar-refractivity contribution >= 4 is 11.7 Å². The summed E-state index contributed by atoms with van der Waals surface area (Å²) < 4.78 is 0. The van der Waals surface area contributed by atoms with Gasteiger partial charge in [-0.05, 0) is 31.9 Å². The van der Waals surface area contributed by atoms with Crippen LogP contribution < -0.4 is 5.32 Å². The van der Waals surface area contributed by atoms with E-state index in [2.05, 4.69) is 46.6 Å². The molecule has 6 heteroatoms. The summed E-state index contributed by atoms with van der Waals surface area (Å²) in [6.07, 6.45) is 3.13. The van der Waals surface area contributed by atoms with Crippen molar-refractivity contribution in [1.29, 1.82) is 0 Å². The lowest BCUT2D eigenvalue weighted by Crippen LogP contribution is -2.55. The van der Waals surface area contributed by atoms with Crippen molar-refractivity contribution in [3.05, 3.63) is 35.4 Å². The maximum Gasteiger partial charge on any atom is 0.317 e. The van der Waals surface area contributed by atoms with Gasteiger partial charge in [0.05, 0.1) is 12.3 Å². The SMILES string of the molecule is Cc1ccc(C2=NO[C@@H](CNC(=O)N3CCN4CCC[C@H]4C3)C2)cc1. The molecule has 0 spiro atoms. The molecule has 3 aliphatic heterocycles. The molecule has 1 N–H and O–H groups in total. The van der Waals surface area contributed by atoms with Gasteiger partial charge in [-0.15, -0.1) is 0 Å². The molecular weight excluding hydrogens is 316 g/mol. The minimum atomic E-state index is -0.0759. The number of benzene rings is 1. The fourth-order valence-electron chi connectivity index (χ4n) is 3.94. The molecule has 2 saturated heterocycles. The largest absolute Gasteiger partial charge is 0.390 e. The maximum atomic E-state index is 12.4. The van der Waals surface area contributed by atoms with E-state index in [1.807, 2.05) is 4.90 Å². The first-order valence-electron chi connectivity index (χ1n) is 9.25. The van der Waals surface area contributed by atoms with Crippen molar-refractivity contribution in [2.24, 2.45) is 5.16 Å². The number of oxime groups is 1. The van der Waals surface area contributed by atoms with E-state index in [1.54, 1.807) is 0 Å². The average molecular weight is 342 g/mol. The van der Waals surface area contributed by atoms with Gasteiger partial charge < -0.3 is 15.1 Å². The lowest BCUT2D eigenvalue weighted by molar-refractivity contribution is 0.0809. The van der Waals surface area contributed by atoms with Crippen LogP contribution in [-0.4, -0.2) is 66.4 Å². The molecule has 1 aromatic rings. The first kappa shape index (κ1) is 16.4. The number of hydrogen-bond donors (Lipinski definition) is 1. The van der Waals surface area contributed by atoms with Gasteiger partial charge in [0, 0.05) is 32.1 Å². The van der Waals surface area contributed by atoms with E-state index < -0.39 is 0 Å². The van der Waals surface area contributed by atoms with E-state index in [9.17, 15) is 4.79 Å². The third-order valence-corrected chi connectivity index (χ3v) is 5.47. The number of piperazine rings is 1. The number of nitrogens with zero attached hydrogens (tertiary/aromatic N) is 3. The molecule has 0 unspecified atom stereocenters. The summed E-state index contributed by atoms with van der Waals surface area (Å²) in [6.45, 7) is 6.43. The summed E-state index contributed by atoms with van der Waals surface area (Å²) in [7, 11) is 0. The molecule has 0 saturated carbocycles. The Hall–Kier alpha value is -2.08. The Morgan fingerprint density at radius 2 is 2.12 bits per heavy atom. The Morgan fingerprint density at radius 1 is 1.28 bits per heavy atom. The maximum absolute atomic E-state index is 12.4. The Morgan fingerprint density at radius 3 is 2.96 bits per heavy atom. The number of amides is 2. The Labute approximate surface area is 148 Å². The number of fused-ring (bicyclic) bond motifs is 1. The summed E-state index contributed by atoms with van der Waals surface area (Å²) in [5, 5.41) is 7.22. The minimum absolute atomic E-state index is 0.0268. The predicted molar refractivity (Wildman–Crippen MR) is 96.8 cm³/mol. The highest BCUT2D eigenvalue weighted by molar-refractivity contribution is 6.01. The smallest absolute Gasteiger partial charge is 0.317 e. The van der Waals surface area contributed by atoms with E-state index in [0.717, 1.165) is 37.3 Å². The number of carbonyl (C=O) groups excluding carboxylic acids is 1. The van der Waals surface area contributed by atoms with Crippen molar-refractivity contribution in [2.45, 2.75) is 38.3 Å². The molecule has 2 amide bonds. The van der Waals surface area contributed by atoms with Crippen LogP contribution in [0.1, 0.15) is 30.4 Å². The molecule has 6 nitrogen and oxygen atoms in total. The van der Waals surface area contributed by atoms with Crippen molar-refractivity contribution in [2.75, 3.05) is 32.7 Å². The zero-order valence-electron chi connectivity index (χ0n) is 14.8. The van der Waals surface area contributed by atoms with Crippen molar-refractivity contribution in [3.8, 4) is 0 Å². The van der Waals surface area contributed by atoms with Gasteiger partial charge in [-0.3, -0.25) is 4.90 Å². The van der Waals surface area contributed by atoms with Gasteiger partial charge in [0.1, 0.15) is 0 Å². The van der Waals surface area contributed by atoms with Gasteiger partial charge in [0.15, 0.2) is 6.10 Å². The highest BCUT2D eigenvalue weighted by atomic mass is 16.6. The summed E-state index contributed by atoms with van der Waals surface area (Å²) in [4.78, 5) is 22.4. The molecule has 1 aromatic carbocycles. The van der Waals surface area contributed by atoms with Crippen LogP contribution >= 0.6 is 0 Å². The van der Waals surface area contributed by atoms with Gasteiger partial charge in [-0.2, -0.15) is 0 Å². The molecular formula is C19H26N4O2. The molecule has 0 aromatic heterocycles. The van der Waals surface area contributed by atoms with Crippen molar-refractivity contribution in [1.82, 2.24) is 15.1 Å². The average Bonchev–Trinajstić information content (AvgIpc) is 3.29. The van der Waals surface area contributed by atoms with Crippen LogP contribution in [0.2, 0.25) is 0 Å². The Kier molecular flexibility index (Phi) is 4.61. The van der Waals surface area contributed by atoms with Gasteiger partial charge in [0.25, 0.3) is 0 Å². The van der Waals surface area contributed by atoms with Crippen LogP contribution in [-0.2, 0) is 4.84 Å². The zero-order chi connectivity index (χ0) is 17.2. The molecule has 134 valence electrons.